The maximum Gasteiger partial charge on any atom is 0.416 e. The van der Waals surface area contributed by atoms with Crippen LogP contribution in [0.15, 0.2) is 24.3 Å². The van der Waals surface area contributed by atoms with Crippen LogP contribution >= 0.6 is 11.3 Å². The number of hydrogen-bond acceptors (Lipinski definition) is 4. The van der Waals surface area contributed by atoms with Crippen molar-refractivity contribution in [2.24, 2.45) is 11.7 Å². The predicted octanol–water partition coefficient (Wildman–Crippen LogP) is 3.47. The highest BCUT2D eigenvalue weighted by atomic mass is 32.1. The molecule has 0 spiro atoms. The van der Waals surface area contributed by atoms with E-state index in [0.29, 0.717) is 16.1 Å². The Hall–Kier alpha value is -2.88. The molecule has 1 aromatic heterocycles. The van der Waals surface area contributed by atoms with Crippen molar-refractivity contribution in [1.29, 1.82) is 0 Å². The monoisotopic (exact) mass is 439 g/mol. The summed E-state index contributed by atoms with van der Waals surface area (Å²) in [6.07, 6.45) is -4.53. The summed E-state index contributed by atoms with van der Waals surface area (Å²) in [5.74, 6) is -2.08. The van der Waals surface area contributed by atoms with Gasteiger partial charge in [0.05, 0.1) is 17.0 Å². The van der Waals surface area contributed by atoms with E-state index in [1.165, 1.54) is 28.4 Å². The Kier molecular flexibility index (Phi) is 5.89. The van der Waals surface area contributed by atoms with Gasteiger partial charge in [0, 0.05) is 24.4 Å². The molecule has 0 bridgehead atoms. The van der Waals surface area contributed by atoms with Crippen LogP contribution in [0.2, 0.25) is 0 Å². The first-order valence-corrected chi connectivity index (χ1v) is 9.93. The van der Waals surface area contributed by atoms with Crippen LogP contribution in [0.4, 0.5) is 18.2 Å². The Balaban J connectivity index is 1.70. The van der Waals surface area contributed by atoms with Crippen LogP contribution in [0.25, 0.3) is 0 Å². The van der Waals surface area contributed by atoms with Gasteiger partial charge in [-0.05, 0) is 37.1 Å². The first-order chi connectivity index (χ1) is 14.0. The van der Waals surface area contributed by atoms with Gasteiger partial charge in [-0.1, -0.05) is 12.1 Å². The minimum atomic E-state index is -4.47. The predicted molar refractivity (Wildman–Crippen MR) is 106 cm³/mol. The molecule has 30 heavy (non-hydrogen) atoms. The summed E-state index contributed by atoms with van der Waals surface area (Å²) in [5.41, 5.74) is 5.89. The van der Waals surface area contributed by atoms with E-state index in [9.17, 15) is 27.6 Å². The molecule has 2 aromatic rings. The summed E-state index contributed by atoms with van der Waals surface area (Å²) in [7, 11) is 0. The number of nitrogens with two attached hydrogens (primary N) is 1. The van der Waals surface area contributed by atoms with Crippen molar-refractivity contribution in [3.63, 3.8) is 0 Å². The highest BCUT2D eigenvalue weighted by Crippen LogP contribution is 2.33. The van der Waals surface area contributed by atoms with E-state index < -0.39 is 29.5 Å². The Morgan fingerprint density at radius 3 is 2.63 bits per heavy atom. The van der Waals surface area contributed by atoms with Crippen LogP contribution in [-0.2, 0) is 22.3 Å². The van der Waals surface area contributed by atoms with Gasteiger partial charge in [0.2, 0.25) is 11.8 Å². The SMILES string of the molecule is Cc1sc(NC(=O)C2CC(=O)N(Cc3cccc(C(F)(F)F)c3)C2)c(C(N)=O)c1C. The summed E-state index contributed by atoms with van der Waals surface area (Å²) < 4.78 is 38.7. The molecule has 0 radical (unpaired) electrons. The highest BCUT2D eigenvalue weighted by molar-refractivity contribution is 7.16. The van der Waals surface area contributed by atoms with E-state index in [1.54, 1.807) is 13.8 Å². The van der Waals surface area contributed by atoms with Crippen LogP contribution < -0.4 is 11.1 Å². The van der Waals surface area contributed by atoms with Gasteiger partial charge in [-0.15, -0.1) is 11.3 Å². The molecule has 1 aliphatic rings. The molecule has 3 amide bonds. The molecule has 2 heterocycles. The summed E-state index contributed by atoms with van der Waals surface area (Å²) in [6.45, 7) is 3.60. The first kappa shape index (κ1) is 21.8. The number of carbonyl (C=O) groups excluding carboxylic acids is 3. The highest BCUT2D eigenvalue weighted by Gasteiger charge is 2.36. The van der Waals surface area contributed by atoms with Crippen LogP contribution in [0.3, 0.4) is 0 Å². The third kappa shape index (κ3) is 4.48. The Labute approximate surface area is 174 Å². The number of primary amides is 1. The molecular formula is C20H20F3N3O3S. The molecule has 1 unspecified atom stereocenters. The molecule has 1 fully saturated rings. The lowest BCUT2D eigenvalue weighted by atomic mass is 10.1. The molecule has 6 nitrogen and oxygen atoms in total. The minimum Gasteiger partial charge on any atom is -0.365 e. The number of carbonyl (C=O) groups is 3. The normalized spacial score (nSPS) is 16.8. The van der Waals surface area contributed by atoms with Crippen molar-refractivity contribution in [2.75, 3.05) is 11.9 Å². The van der Waals surface area contributed by atoms with E-state index in [1.807, 2.05) is 0 Å². The number of hydrogen-bond donors (Lipinski definition) is 2. The smallest absolute Gasteiger partial charge is 0.365 e. The summed E-state index contributed by atoms with van der Waals surface area (Å²) in [5, 5.41) is 3.02. The molecular weight excluding hydrogens is 419 g/mol. The van der Waals surface area contributed by atoms with Crippen LogP contribution in [0.5, 0.6) is 0 Å². The number of benzene rings is 1. The maximum absolute atomic E-state index is 12.9. The molecule has 0 saturated carbocycles. The maximum atomic E-state index is 12.9. The second-order valence-electron chi connectivity index (χ2n) is 7.21. The number of thiophene rings is 1. The fraction of sp³-hybridized carbons (Fsp3) is 0.350. The second-order valence-corrected chi connectivity index (χ2v) is 8.44. The van der Waals surface area contributed by atoms with Gasteiger partial charge in [0.15, 0.2) is 0 Å². The standard InChI is InChI=1S/C20H20F3N3O3S/c1-10-11(2)30-19(16(10)17(24)28)25-18(29)13-7-15(27)26(9-13)8-12-4-3-5-14(6-12)20(21,22)23/h3-6,13H,7-9H2,1-2H3,(H2,24,28)(H,25,29). The fourth-order valence-electron chi connectivity index (χ4n) is 3.39. The van der Waals surface area contributed by atoms with Gasteiger partial charge >= 0.3 is 6.18 Å². The number of halogens is 3. The quantitative estimate of drug-likeness (QED) is 0.747. The molecule has 0 aliphatic carbocycles. The zero-order valence-corrected chi connectivity index (χ0v) is 17.1. The lowest BCUT2D eigenvalue weighted by Gasteiger charge is -2.17. The second kappa shape index (κ2) is 8.10. The fourth-order valence-corrected chi connectivity index (χ4v) is 4.46. The number of aryl methyl sites for hydroxylation is 1. The van der Waals surface area contributed by atoms with Crippen molar-refractivity contribution < 1.29 is 27.6 Å². The van der Waals surface area contributed by atoms with Crippen LogP contribution in [0.1, 0.15) is 38.3 Å². The van der Waals surface area contributed by atoms with E-state index in [-0.39, 0.29) is 31.0 Å². The average Bonchev–Trinajstić information content (AvgIpc) is 3.14. The zero-order valence-electron chi connectivity index (χ0n) is 16.3. The van der Waals surface area contributed by atoms with Crippen molar-refractivity contribution in [1.82, 2.24) is 4.90 Å². The zero-order chi connectivity index (χ0) is 22.2. The van der Waals surface area contributed by atoms with Gasteiger partial charge < -0.3 is 16.0 Å². The number of amides is 3. The first-order valence-electron chi connectivity index (χ1n) is 9.12. The Bertz CT molecular complexity index is 1020. The van der Waals surface area contributed by atoms with Crippen molar-refractivity contribution in [3.05, 3.63) is 51.4 Å². The lowest BCUT2D eigenvalue weighted by molar-refractivity contribution is -0.137. The summed E-state index contributed by atoms with van der Waals surface area (Å²) in [6, 6.07) is 4.76. The number of nitrogens with zero attached hydrogens (tertiary/aromatic N) is 1. The summed E-state index contributed by atoms with van der Waals surface area (Å²) >= 11 is 1.23. The molecule has 1 atom stereocenters. The van der Waals surface area contributed by atoms with Crippen LogP contribution in [0, 0.1) is 19.8 Å². The average molecular weight is 439 g/mol. The van der Waals surface area contributed by atoms with Gasteiger partial charge in [-0.2, -0.15) is 13.2 Å². The largest absolute Gasteiger partial charge is 0.416 e. The van der Waals surface area contributed by atoms with Crippen molar-refractivity contribution >= 4 is 34.1 Å². The third-order valence-electron chi connectivity index (χ3n) is 5.08. The van der Waals surface area contributed by atoms with E-state index in [0.717, 1.165) is 17.0 Å². The molecule has 1 saturated heterocycles. The molecule has 10 heteroatoms. The van der Waals surface area contributed by atoms with Gasteiger partial charge in [-0.25, -0.2) is 0 Å². The molecule has 160 valence electrons. The van der Waals surface area contributed by atoms with E-state index >= 15 is 0 Å². The molecule has 1 aliphatic heterocycles. The third-order valence-corrected chi connectivity index (χ3v) is 6.20. The van der Waals surface area contributed by atoms with E-state index in [4.69, 9.17) is 5.73 Å². The Morgan fingerprint density at radius 2 is 2.00 bits per heavy atom. The topological polar surface area (TPSA) is 92.5 Å². The number of rotatable bonds is 5. The van der Waals surface area contributed by atoms with Crippen molar-refractivity contribution in [3.8, 4) is 0 Å². The Morgan fingerprint density at radius 1 is 1.30 bits per heavy atom. The lowest BCUT2D eigenvalue weighted by Crippen LogP contribution is -2.28. The van der Waals surface area contributed by atoms with Crippen LogP contribution in [-0.4, -0.2) is 29.2 Å². The molecule has 3 rings (SSSR count). The minimum absolute atomic E-state index is 0.0176. The van der Waals surface area contributed by atoms with Gasteiger partial charge in [-0.3, -0.25) is 14.4 Å². The summed E-state index contributed by atoms with van der Waals surface area (Å²) in [4.78, 5) is 38.9. The molecule has 1 aromatic carbocycles. The number of nitrogens with one attached hydrogen (secondary N) is 1. The molecule has 3 N–H and O–H groups in total. The van der Waals surface area contributed by atoms with Gasteiger partial charge in [0.1, 0.15) is 5.00 Å². The van der Waals surface area contributed by atoms with Crippen molar-refractivity contribution in [2.45, 2.75) is 33.0 Å². The number of alkyl halides is 3. The number of anilines is 1. The van der Waals surface area contributed by atoms with Gasteiger partial charge in [0.25, 0.3) is 5.91 Å². The number of likely N-dealkylation sites (tertiary alicyclic amines) is 1. The van der Waals surface area contributed by atoms with E-state index in [2.05, 4.69) is 5.32 Å².